The lowest BCUT2D eigenvalue weighted by atomic mass is 9.91. The quantitative estimate of drug-likeness (QED) is 0.914. The smallest absolute Gasteiger partial charge is 0.224 e. The zero-order valence-electron chi connectivity index (χ0n) is 15.1. The number of benzene rings is 2. The maximum atomic E-state index is 12.1. The average Bonchev–Trinajstić information content (AvgIpc) is 2.61. The lowest BCUT2D eigenvalue weighted by Gasteiger charge is -2.39. The fraction of sp³-hybridized carbons (Fsp3) is 0.350. The lowest BCUT2D eigenvalue weighted by Crippen LogP contribution is -2.43. The number of rotatable bonds is 4. The molecular formula is C20H24N2O3. The Morgan fingerprint density at radius 1 is 1.12 bits per heavy atom. The monoisotopic (exact) mass is 340 g/mol. The first kappa shape index (κ1) is 17.1. The fourth-order valence-electron chi connectivity index (χ4n) is 3.56. The van der Waals surface area contributed by atoms with Crippen molar-refractivity contribution in [2.24, 2.45) is 0 Å². The first-order valence-electron chi connectivity index (χ1n) is 8.42. The number of hydrogen-bond acceptors (Lipinski definition) is 4. The number of para-hydroxylation sites is 1. The minimum absolute atomic E-state index is 0.0736. The van der Waals surface area contributed by atoms with E-state index in [2.05, 4.69) is 18.3 Å². The molecule has 0 aliphatic carbocycles. The molecule has 0 spiro atoms. The molecule has 0 saturated carbocycles. The van der Waals surface area contributed by atoms with Gasteiger partial charge in [-0.05, 0) is 37.1 Å². The third-order valence-electron chi connectivity index (χ3n) is 4.65. The van der Waals surface area contributed by atoms with Crippen LogP contribution in [0.15, 0.2) is 42.5 Å². The Morgan fingerprint density at radius 2 is 1.84 bits per heavy atom. The Hall–Kier alpha value is -2.69. The Balaban J connectivity index is 1.93. The molecule has 2 unspecified atom stereocenters. The number of fused-ring (bicyclic) bond motifs is 1. The summed E-state index contributed by atoms with van der Waals surface area (Å²) in [6, 6.07) is 14.1. The number of methoxy groups -OCH3 is 2. The van der Waals surface area contributed by atoms with E-state index >= 15 is 0 Å². The van der Waals surface area contributed by atoms with E-state index in [0.29, 0.717) is 11.5 Å². The zero-order chi connectivity index (χ0) is 18.0. The van der Waals surface area contributed by atoms with Crippen molar-refractivity contribution >= 4 is 17.3 Å². The minimum Gasteiger partial charge on any atom is -0.493 e. The van der Waals surface area contributed by atoms with Crippen LogP contribution < -0.4 is 19.7 Å². The molecule has 1 amide bonds. The number of amides is 1. The fourth-order valence-corrected chi connectivity index (χ4v) is 3.56. The van der Waals surface area contributed by atoms with E-state index in [1.54, 1.807) is 21.1 Å². The van der Waals surface area contributed by atoms with Crippen LogP contribution in [0.4, 0.5) is 11.4 Å². The maximum absolute atomic E-state index is 12.1. The Morgan fingerprint density at radius 3 is 2.52 bits per heavy atom. The molecule has 0 bridgehead atoms. The number of carbonyl (C=O) groups excluding carboxylic acids is 1. The Bertz CT molecular complexity index is 775. The van der Waals surface area contributed by atoms with Crippen molar-refractivity contribution < 1.29 is 14.3 Å². The van der Waals surface area contributed by atoms with Crippen molar-refractivity contribution in [1.82, 2.24) is 0 Å². The van der Waals surface area contributed by atoms with Gasteiger partial charge in [-0.2, -0.15) is 0 Å². The Labute approximate surface area is 148 Å². The van der Waals surface area contributed by atoms with Gasteiger partial charge in [-0.15, -0.1) is 0 Å². The molecular weight excluding hydrogens is 316 g/mol. The van der Waals surface area contributed by atoms with E-state index in [9.17, 15) is 4.79 Å². The molecule has 132 valence electrons. The number of ether oxygens (including phenoxy) is 2. The number of nitrogens with one attached hydrogen (secondary N) is 1. The molecule has 3 rings (SSSR count). The van der Waals surface area contributed by atoms with Gasteiger partial charge < -0.3 is 19.7 Å². The van der Waals surface area contributed by atoms with Crippen LogP contribution in [-0.2, 0) is 4.79 Å². The normalized spacial score (nSPS) is 19.1. The summed E-state index contributed by atoms with van der Waals surface area (Å²) in [5, 5.41) is 3.58. The van der Waals surface area contributed by atoms with Crippen LogP contribution in [0, 0.1) is 0 Å². The van der Waals surface area contributed by atoms with E-state index < -0.39 is 0 Å². The summed E-state index contributed by atoms with van der Waals surface area (Å²) in [6.07, 6.45) is 0.838. The molecule has 25 heavy (non-hydrogen) atoms. The lowest BCUT2D eigenvalue weighted by molar-refractivity contribution is -0.117. The molecule has 2 aromatic carbocycles. The van der Waals surface area contributed by atoms with Gasteiger partial charge >= 0.3 is 0 Å². The molecule has 0 saturated heterocycles. The highest BCUT2D eigenvalue weighted by Crippen LogP contribution is 2.40. The van der Waals surface area contributed by atoms with E-state index in [0.717, 1.165) is 23.4 Å². The number of hydrogen-bond donors (Lipinski definition) is 1. The van der Waals surface area contributed by atoms with Gasteiger partial charge in [-0.3, -0.25) is 4.79 Å². The van der Waals surface area contributed by atoms with E-state index in [1.165, 1.54) is 0 Å². The van der Waals surface area contributed by atoms with Gasteiger partial charge in [0.2, 0.25) is 5.91 Å². The van der Waals surface area contributed by atoms with Crippen LogP contribution in [0.2, 0.25) is 0 Å². The highest BCUT2D eigenvalue weighted by atomic mass is 16.5. The van der Waals surface area contributed by atoms with Gasteiger partial charge in [-0.1, -0.05) is 18.2 Å². The molecule has 5 nitrogen and oxygen atoms in total. The number of nitrogens with zero attached hydrogens (tertiary/aromatic N) is 1. The van der Waals surface area contributed by atoms with Crippen LogP contribution in [0.5, 0.6) is 11.5 Å². The predicted molar refractivity (Wildman–Crippen MR) is 99.6 cm³/mol. The van der Waals surface area contributed by atoms with Gasteiger partial charge in [0.15, 0.2) is 11.5 Å². The summed E-state index contributed by atoms with van der Waals surface area (Å²) in [4.78, 5) is 13.9. The predicted octanol–water partition coefficient (Wildman–Crippen LogP) is 4.00. The van der Waals surface area contributed by atoms with Crippen LogP contribution in [0.25, 0.3) is 0 Å². The molecule has 0 fully saturated rings. The highest BCUT2D eigenvalue weighted by Gasteiger charge is 2.32. The zero-order valence-corrected chi connectivity index (χ0v) is 15.1. The van der Waals surface area contributed by atoms with Crippen molar-refractivity contribution in [3.63, 3.8) is 0 Å². The third-order valence-corrected chi connectivity index (χ3v) is 4.65. The van der Waals surface area contributed by atoms with Gasteiger partial charge in [0.1, 0.15) is 0 Å². The van der Waals surface area contributed by atoms with Gasteiger partial charge in [0.05, 0.1) is 20.3 Å². The summed E-state index contributed by atoms with van der Waals surface area (Å²) in [5.41, 5.74) is 3.07. The molecule has 2 atom stereocenters. The maximum Gasteiger partial charge on any atom is 0.224 e. The summed E-state index contributed by atoms with van der Waals surface area (Å²) < 4.78 is 10.7. The van der Waals surface area contributed by atoms with Crippen molar-refractivity contribution in [3.8, 4) is 11.5 Å². The first-order chi connectivity index (χ1) is 12.0. The van der Waals surface area contributed by atoms with E-state index in [1.807, 2.05) is 41.3 Å². The SMILES string of the molecule is COc1ccc(NC2CC(C)N(C(C)=O)c3ccccc32)cc1OC. The summed E-state index contributed by atoms with van der Waals surface area (Å²) in [5.74, 6) is 1.47. The summed E-state index contributed by atoms with van der Waals surface area (Å²) >= 11 is 0. The second kappa shape index (κ2) is 7.05. The molecule has 1 aliphatic heterocycles. The Kier molecular flexibility index (Phi) is 4.83. The van der Waals surface area contributed by atoms with Crippen molar-refractivity contribution in [1.29, 1.82) is 0 Å². The second-order valence-electron chi connectivity index (χ2n) is 6.30. The van der Waals surface area contributed by atoms with Crippen LogP contribution >= 0.6 is 0 Å². The van der Waals surface area contributed by atoms with Crippen LogP contribution in [-0.4, -0.2) is 26.2 Å². The van der Waals surface area contributed by atoms with Crippen molar-refractivity contribution in [2.75, 3.05) is 24.4 Å². The van der Waals surface area contributed by atoms with Gasteiger partial charge in [-0.25, -0.2) is 0 Å². The molecule has 1 N–H and O–H groups in total. The molecule has 1 heterocycles. The van der Waals surface area contributed by atoms with Crippen LogP contribution in [0.3, 0.4) is 0 Å². The molecule has 0 aromatic heterocycles. The average molecular weight is 340 g/mol. The number of anilines is 2. The highest BCUT2D eigenvalue weighted by molar-refractivity contribution is 5.93. The standard InChI is InChI=1S/C20H24N2O3/c1-13-11-17(16-7-5-6-8-18(16)22(13)14(2)23)21-15-9-10-19(24-3)20(12-15)25-4/h5-10,12-13,17,21H,11H2,1-4H3. The molecule has 5 heteroatoms. The molecule has 1 aliphatic rings. The summed E-state index contributed by atoms with van der Waals surface area (Å²) in [7, 11) is 3.25. The minimum atomic E-state index is 0.0736. The van der Waals surface area contributed by atoms with Crippen LogP contribution in [0.1, 0.15) is 31.9 Å². The molecule has 2 aromatic rings. The second-order valence-corrected chi connectivity index (χ2v) is 6.30. The third kappa shape index (κ3) is 3.27. The van der Waals surface area contributed by atoms with Crippen molar-refractivity contribution in [2.45, 2.75) is 32.4 Å². The van der Waals surface area contributed by atoms with E-state index in [4.69, 9.17) is 9.47 Å². The largest absolute Gasteiger partial charge is 0.493 e. The van der Waals surface area contributed by atoms with Gasteiger partial charge in [0, 0.05) is 30.4 Å². The molecule has 0 radical (unpaired) electrons. The topological polar surface area (TPSA) is 50.8 Å². The summed E-state index contributed by atoms with van der Waals surface area (Å²) in [6.45, 7) is 3.70. The van der Waals surface area contributed by atoms with Crippen molar-refractivity contribution in [3.05, 3.63) is 48.0 Å². The van der Waals surface area contributed by atoms with Gasteiger partial charge in [0.25, 0.3) is 0 Å². The number of carbonyl (C=O) groups is 1. The first-order valence-corrected chi connectivity index (χ1v) is 8.42. The van der Waals surface area contributed by atoms with E-state index in [-0.39, 0.29) is 18.0 Å².